The van der Waals surface area contributed by atoms with E-state index in [4.69, 9.17) is 0 Å². The predicted octanol–water partition coefficient (Wildman–Crippen LogP) is 1.75. The number of rotatable bonds is 4. The topological polar surface area (TPSA) is 80.7 Å². The van der Waals surface area contributed by atoms with Gasteiger partial charge in [-0.2, -0.15) is 0 Å². The molecular formula is C14H15F2NO4S. The summed E-state index contributed by atoms with van der Waals surface area (Å²) in [5.74, 6) is -2.65. The normalized spacial score (nSPS) is 22.6. The molecule has 0 saturated carbocycles. The summed E-state index contributed by atoms with van der Waals surface area (Å²) < 4.78 is 37.7. The van der Waals surface area contributed by atoms with Crippen molar-refractivity contribution in [2.45, 2.75) is 18.4 Å². The zero-order valence-corrected chi connectivity index (χ0v) is 12.6. The van der Waals surface area contributed by atoms with E-state index in [-0.39, 0.29) is 18.7 Å². The molecule has 5 nitrogen and oxygen atoms in total. The van der Waals surface area contributed by atoms with Gasteiger partial charge in [-0.3, -0.25) is 9.69 Å². The molecule has 1 amide bonds. The molecule has 0 radical (unpaired) electrons. The first kappa shape index (κ1) is 16.7. The molecule has 0 bridgehead atoms. The van der Waals surface area contributed by atoms with Crippen LogP contribution < -0.4 is 0 Å². The van der Waals surface area contributed by atoms with E-state index in [1.165, 1.54) is 6.26 Å². The Bertz CT molecular complexity index is 576. The lowest BCUT2D eigenvalue weighted by Gasteiger charge is -2.19. The molecule has 1 N–H and O–H groups in total. The average Bonchev–Trinajstić information content (AvgIpc) is 2.81. The minimum atomic E-state index is -1.37. The van der Waals surface area contributed by atoms with Crippen molar-refractivity contribution in [3.63, 3.8) is 0 Å². The summed E-state index contributed by atoms with van der Waals surface area (Å²) in [6.45, 7) is -0.0228. The lowest BCUT2D eigenvalue weighted by atomic mass is 9.95. The highest BCUT2D eigenvalue weighted by Gasteiger charge is 2.41. The zero-order chi connectivity index (χ0) is 16.4. The number of carboxylic acid groups (broad SMARTS) is 1. The average molecular weight is 331 g/mol. The number of nitrogens with zero attached hydrogens (tertiary/aromatic N) is 1. The van der Waals surface area contributed by atoms with E-state index in [0.717, 1.165) is 23.1 Å². The number of carbonyl (C=O) groups excluding carboxylic acids is 1. The summed E-state index contributed by atoms with van der Waals surface area (Å²) in [4.78, 5) is 24.2. The van der Waals surface area contributed by atoms with Gasteiger partial charge in [0.1, 0.15) is 11.6 Å². The third-order valence-corrected chi connectivity index (χ3v) is 4.31. The van der Waals surface area contributed by atoms with Crippen molar-refractivity contribution in [3.05, 3.63) is 35.4 Å². The standard InChI is InChI=1S/C14H15F2NO4S/c1-22(21)7-13(18)12-4-9(6-17(12)14(19)20)8-2-10(15)5-11(16)3-8/h2-3,5,9,12H,4,6-7H2,1H3,(H,19,20)/t9-,12?,22?/m1/s1. The molecule has 0 aromatic heterocycles. The summed E-state index contributed by atoms with van der Waals surface area (Å²) in [6, 6.07) is 2.07. The molecule has 22 heavy (non-hydrogen) atoms. The third-order valence-electron chi connectivity index (χ3n) is 3.62. The number of Topliss-reactive ketones (excluding diaryl/α,β-unsaturated/α-hetero) is 1. The van der Waals surface area contributed by atoms with E-state index >= 15 is 0 Å². The zero-order valence-electron chi connectivity index (χ0n) is 11.8. The van der Waals surface area contributed by atoms with Crippen LogP contribution in [0.4, 0.5) is 13.6 Å². The van der Waals surface area contributed by atoms with Crippen LogP contribution in [0.1, 0.15) is 17.9 Å². The van der Waals surface area contributed by atoms with E-state index in [9.17, 15) is 28.0 Å². The van der Waals surface area contributed by atoms with Crippen molar-refractivity contribution in [2.24, 2.45) is 0 Å². The van der Waals surface area contributed by atoms with E-state index in [0.29, 0.717) is 5.56 Å². The Labute approximate surface area is 129 Å². The Morgan fingerprint density at radius 3 is 2.45 bits per heavy atom. The van der Waals surface area contributed by atoms with E-state index in [2.05, 4.69) is 0 Å². The number of hydrogen-bond acceptors (Lipinski definition) is 3. The maximum atomic E-state index is 13.3. The first-order valence-corrected chi connectivity index (χ1v) is 8.29. The molecular weight excluding hydrogens is 316 g/mol. The quantitative estimate of drug-likeness (QED) is 0.852. The van der Waals surface area contributed by atoms with Crippen molar-refractivity contribution < 1.29 is 28.0 Å². The molecule has 3 atom stereocenters. The summed E-state index contributed by atoms with van der Waals surface area (Å²) >= 11 is -1.37. The molecule has 1 aliphatic heterocycles. The number of benzene rings is 1. The minimum absolute atomic E-state index is 0.0228. The van der Waals surface area contributed by atoms with Crippen LogP contribution in [0.3, 0.4) is 0 Å². The maximum Gasteiger partial charge on any atom is 0.407 e. The molecule has 2 unspecified atom stereocenters. The van der Waals surface area contributed by atoms with Crippen molar-refractivity contribution in [1.29, 1.82) is 0 Å². The van der Waals surface area contributed by atoms with Gasteiger partial charge in [0.2, 0.25) is 5.78 Å². The fourth-order valence-electron chi connectivity index (χ4n) is 2.70. The number of halogens is 2. The summed E-state index contributed by atoms with van der Waals surface area (Å²) in [7, 11) is 0. The minimum Gasteiger partial charge on any atom is -0.616 e. The van der Waals surface area contributed by atoms with Gasteiger partial charge in [0, 0.05) is 18.5 Å². The van der Waals surface area contributed by atoms with Crippen molar-refractivity contribution in [2.75, 3.05) is 18.6 Å². The summed E-state index contributed by atoms with van der Waals surface area (Å²) in [5.41, 5.74) is 0.316. The largest absolute Gasteiger partial charge is 0.616 e. The van der Waals surface area contributed by atoms with Gasteiger partial charge in [-0.1, -0.05) is 0 Å². The fraction of sp³-hybridized carbons (Fsp3) is 0.429. The highest BCUT2D eigenvalue weighted by molar-refractivity contribution is 7.91. The molecule has 0 spiro atoms. The Kier molecular flexibility index (Phi) is 5.02. The fourth-order valence-corrected chi connectivity index (χ4v) is 3.29. The van der Waals surface area contributed by atoms with Crippen LogP contribution in [0, 0.1) is 11.6 Å². The number of hydrogen-bond donors (Lipinski definition) is 1. The van der Waals surface area contributed by atoms with Gasteiger partial charge < -0.3 is 9.66 Å². The molecule has 1 aliphatic rings. The molecule has 1 heterocycles. The maximum absolute atomic E-state index is 13.3. The van der Waals surface area contributed by atoms with Gasteiger partial charge in [0.25, 0.3) is 0 Å². The molecule has 1 saturated heterocycles. The van der Waals surface area contributed by atoms with Crippen LogP contribution in [0.2, 0.25) is 0 Å². The molecule has 1 aromatic rings. The lowest BCUT2D eigenvalue weighted by Crippen LogP contribution is -2.41. The first-order valence-electron chi connectivity index (χ1n) is 6.56. The van der Waals surface area contributed by atoms with Crippen molar-refractivity contribution >= 4 is 23.1 Å². The smallest absolute Gasteiger partial charge is 0.407 e. The van der Waals surface area contributed by atoms with Gasteiger partial charge in [-0.25, -0.2) is 13.6 Å². The summed E-state index contributed by atoms with van der Waals surface area (Å²) in [5, 5.41) is 9.19. The first-order chi connectivity index (χ1) is 10.3. The van der Waals surface area contributed by atoms with Crippen LogP contribution in [0.25, 0.3) is 0 Å². The van der Waals surface area contributed by atoms with Crippen molar-refractivity contribution in [3.8, 4) is 0 Å². The van der Waals surface area contributed by atoms with Gasteiger partial charge in [-0.15, -0.1) is 0 Å². The Morgan fingerprint density at radius 1 is 1.36 bits per heavy atom. The lowest BCUT2D eigenvalue weighted by molar-refractivity contribution is -0.120. The summed E-state index contributed by atoms with van der Waals surface area (Å²) in [6.07, 6.45) is 0.211. The van der Waals surface area contributed by atoms with E-state index in [1.54, 1.807) is 0 Å². The van der Waals surface area contributed by atoms with Crippen LogP contribution in [0.15, 0.2) is 18.2 Å². The van der Waals surface area contributed by atoms with Crippen molar-refractivity contribution in [1.82, 2.24) is 4.90 Å². The molecule has 1 aromatic carbocycles. The van der Waals surface area contributed by atoms with Crippen LogP contribution in [-0.2, 0) is 16.0 Å². The van der Waals surface area contributed by atoms with Gasteiger partial charge in [-0.05, 0) is 35.3 Å². The number of amides is 1. The van der Waals surface area contributed by atoms with Crippen LogP contribution in [0.5, 0.6) is 0 Å². The number of likely N-dealkylation sites (tertiary alicyclic amines) is 1. The second-order valence-corrected chi connectivity index (χ2v) is 6.71. The molecule has 2 rings (SSSR count). The van der Waals surface area contributed by atoms with E-state index < -0.39 is 46.6 Å². The SMILES string of the molecule is C[S+]([O-])CC(=O)C1C[C@@H](c2cc(F)cc(F)c2)CN1C(=O)O. The van der Waals surface area contributed by atoms with Gasteiger partial charge in [0.15, 0.2) is 5.75 Å². The number of ketones is 1. The molecule has 0 aliphatic carbocycles. The van der Waals surface area contributed by atoms with Crippen LogP contribution >= 0.6 is 0 Å². The Hall–Kier alpha value is -1.67. The van der Waals surface area contributed by atoms with Crippen LogP contribution in [-0.4, -0.2) is 51.0 Å². The second kappa shape index (κ2) is 6.62. The van der Waals surface area contributed by atoms with Gasteiger partial charge >= 0.3 is 6.09 Å². The second-order valence-electron chi connectivity index (χ2n) is 5.27. The van der Waals surface area contributed by atoms with E-state index in [1.807, 2.05) is 0 Å². The highest BCUT2D eigenvalue weighted by atomic mass is 32.2. The molecule has 8 heteroatoms. The predicted molar refractivity (Wildman–Crippen MR) is 76.2 cm³/mol. The number of carbonyl (C=O) groups is 2. The monoisotopic (exact) mass is 331 g/mol. The Balaban J connectivity index is 2.23. The van der Waals surface area contributed by atoms with Gasteiger partial charge in [0.05, 0.1) is 12.3 Å². The Morgan fingerprint density at radius 2 is 1.95 bits per heavy atom. The molecule has 1 fully saturated rings. The highest BCUT2D eigenvalue weighted by Crippen LogP contribution is 2.33. The molecule has 120 valence electrons. The third kappa shape index (κ3) is 3.75.